The third kappa shape index (κ3) is 4.90. The average molecular weight is 441 g/mol. The van der Waals surface area contributed by atoms with Gasteiger partial charge >= 0.3 is 5.97 Å². The van der Waals surface area contributed by atoms with Crippen molar-refractivity contribution in [2.24, 2.45) is 11.0 Å². The summed E-state index contributed by atoms with van der Waals surface area (Å²) >= 11 is 5.94. The summed E-state index contributed by atoms with van der Waals surface area (Å²) < 4.78 is 10.6. The van der Waals surface area contributed by atoms with Gasteiger partial charge in [0.1, 0.15) is 0 Å². The fourth-order valence-electron chi connectivity index (χ4n) is 4.28. The maximum absolute atomic E-state index is 12.4. The maximum atomic E-state index is 12.4. The first-order chi connectivity index (χ1) is 15.0. The fraction of sp³-hybridized carbons (Fsp3) is 0.375. The Morgan fingerprint density at radius 1 is 1.16 bits per heavy atom. The number of methoxy groups -OCH3 is 1. The van der Waals surface area contributed by atoms with Crippen LogP contribution in [0.25, 0.3) is 0 Å². The summed E-state index contributed by atoms with van der Waals surface area (Å²) in [4.78, 5) is 24.7. The number of hydrogen-bond acceptors (Lipinski definition) is 5. The summed E-state index contributed by atoms with van der Waals surface area (Å²) in [5.74, 6) is 0.0898. The molecule has 1 aliphatic carbocycles. The van der Waals surface area contributed by atoms with Crippen LogP contribution in [-0.2, 0) is 25.6 Å². The molecule has 2 aromatic carbocycles. The summed E-state index contributed by atoms with van der Waals surface area (Å²) in [5.41, 5.74) is 2.64. The number of esters is 1. The van der Waals surface area contributed by atoms with Gasteiger partial charge in [-0.1, -0.05) is 48.7 Å². The molecule has 2 aromatic rings. The molecule has 1 amide bonds. The van der Waals surface area contributed by atoms with Crippen LogP contribution in [-0.4, -0.2) is 36.5 Å². The zero-order valence-corrected chi connectivity index (χ0v) is 18.2. The van der Waals surface area contributed by atoms with E-state index in [0.29, 0.717) is 23.4 Å². The molecule has 1 saturated carbocycles. The van der Waals surface area contributed by atoms with Crippen molar-refractivity contribution in [3.05, 3.63) is 70.2 Å². The van der Waals surface area contributed by atoms with Crippen LogP contribution in [0.5, 0.6) is 0 Å². The summed E-state index contributed by atoms with van der Waals surface area (Å²) in [5, 5.41) is 6.42. The van der Waals surface area contributed by atoms with Gasteiger partial charge in [-0.15, -0.1) is 5.10 Å². The van der Waals surface area contributed by atoms with Crippen molar-refractivity contribution in [1.29, 1.82) is 0 Å². The van der Waals surface area contributed by atoms with Crippen molar-refractivity contribution < 1.29 is 19.1 Å². The normalized spacial score (nSPS) is 17.8. The van der Waals surface area contributed by atoms with Crippen LogP contribution in [0.2, 0.25) is 5.02 Å². The van der Waals surface area contributed by atoms with Crippen molar-refractivity contribution in [1.82, 2.24) is 5.01 Å². The Hall–Kier alpha value is -2.86. The lowest BCUT2D eigenvalue weighted by molar-refractivity contribution is -0.143. The van der Waals surface area contributed by atoms with Crippen LogP contribution < -0.4 is 0 Å². The zero-order chi connectivity index (χ0) is 21.8. The van der Waals surface area contributed by atoms with Crippen molar-refractivity contribution in [2.45, 2.75) is 38.1 Å². The summed E-state index contributed by atoms with van der Waals surface area (Å²) in [7, 11) is 1.44. The number of carbonyl (C=O) groups is 2. The lowest BCUT2D eigenvalue weighted by atomic mass is 9.84. The van der Waals surface area contributed by atoms with E-state index in [4.69, 9.17) is 21.1 Å². The molecule has 0 radical (unpaired) electrons. The van der Waals surface area contributed by atoms with Gasteiger partial charge in [-0.2, -0.15) is 0 Å². The fourth-order valence-corrected chi connectivity index (χ4v) is 4.40. The van der Waals surface area contributed by atoms with Gasteiger partial charge in [0, 0.05) is 10.6 Å². The second kappa shape index (κ2) is 9.52. The van der Waals surface area contributed by atoms with E-state index in [2.05, 4.69) is 5.10 Å². The average Bonchev–Trinajstić information content (AvgIpc) is 3.31. The number of benzene rings is 2. The van der Waals surface area contributed by atoms with Crippen LogP contribution in [0.1, 0.15) is 48.3 Å². The van der Waals surface area contributed by atoms with Gasteiger partial charge in [-0.25, -0.2) is 5.01 Å². The van der Waals surface area contributed by atoms with E-state index >= 15 is 0 Å². The zero-order valence-electron chi connectivity index (χ0n) is 17.4. The van der Waals surface area contributed by atoms with E-state index in [-0.39, 0.29) is 24.4 Å². The maximum Gasteiger partial charge on any atom is 0.313 e. The number of nitrogens with zero attached hydrogens (tertiary/aromatic N) is 2. The Kier molecular flexibility index (Phi) is 6.56. The third-order valence-electron chi connectivity index (χ3n) is 5.92. The molecule has 6 nitrogen and oxygen atoms in total. The molecular weight excluding hydrogens is 416 g/mol. The second-order valence-corrected chi connectivity index (χ2v) is 8.38. The molecule has 162 valence electrons. The second-order valence-electron chi connectivity index (χ2n) is 7.94. The Labute approximate surface area is 186 Å². The number of ether oxygens (including phenoxy) is 2. The first kappa shape index (κ1) is 21.4. The highest BCUT2D eigenvalue weighted by atomic mass is 35.5. The minimum absolute atomic E-state index is 0.0639. The third-order valence-corrected chi connectivity index (χ3v) is 6.17. The number of hydrogen-bond donors (Lipinski definition) is 0. The lowest BCUT2D eigenvalue weighted by Gasteiger charge is -2.24. The van der Waals surface area contributed by atoms with Gasteiger partial charge < -0.3 is 9.47 Å². The van der Waals surface area contributed by atoms with Gasteiger partial charge in [0.2, 0.25) is 5.90 Å². The minimum atomic E-state index is -0.235. The van der Waals surface area contributed by atoms with E-state index in [1.54, 1.807) is 24.3 Å². The number of rotatable bonds is 6. The highest BCUT2D eigenvalue weighted by Crippen LogP contribution is 2.38. The van der Waals surface area contributed by atoms with Gasteiger partial charge in [0.25, 0.3) is 5.91 Å². The highest BCUT2D eigenvalue weighted by Gasteiger charge is 2.32. The first-order valence-corrected chi connectivity index (χ1v) is 10.9. The molecule has 0 spiro atoms. The molecule has 0 N–H and O–H groups in total. The van der Waals surface area contributed by atoms with E-state index in [1.807, 2.05) is 24.3 Å². The van der Waals surface area contributed by atoms with Crippen LogP contribution in [0.4, 0.5) is 0 Å². The topological polar surface area (TPSA) is 68.2 Å². The van der Waals surface area contributed by atoms with Gasteiger partial charge in [0.15, 0.2) is 6.61 Å². The lowest BCUT2D eigenvalue weighted by Crippen LogP contribution is -2.36. The van der Waals surface area contributed by atoms with E-state index < -0.39 is 0 Å². The Balaban J connectivity index is 1.50. The van der Waals surface area contributed by atoms with Crippen molar-refractivity contribution >= 4 is 29.4 Å². The number of amides is 1. The smallest absolute Gasteiger partial charge is 0.313 e. The Morgan fingerprint density at radius 3 is 2.48 bits per heavy atom. The molecule has 1 unspecified atom stereocenters. The molecule has 7 heteroatoms. The summed E-state index contributed by atoms with van der Waals surface area (Å²) in [6, 6.07) is 14.9. The Bertz CT molecular complexity index is 966. The summed E-state index contributed by atoms with van der Waals surface area (Å²) in [6.45, 7) is 0.261. The van der Waals surface area contributed by atoms with E-state index in [1.165, 1.54) is 12.1 Å². The minimum Gasteiger partial charge on any atom is -0.469 e. The predicted octanol–water partition coefficient (Wildman–Crippen LogP) is 4.51. The van der Waals surface area contributed by atoms with Crippen molar-refractivity contribution in [2.75, 3.05) is 13.7 Å². The van der Waals surface area contributed by atoms with Crippen LogP contribution in [0.15, 0.2) is 53.6 Å². The van der Waals surface area contributed by atoms with E-state index in [0.717, 1.165) is 42.4 Å². The number of halogens is 1. The molecule has 1 heterocycles. The molecule has 1 fully saturated rings. The molecule has 31 heavy (non-hydrogen) atoms. The SMILES string of the molecule is COC(=O)C(c1ccc(CN2N=C(c3ccc(Cl)cc3)OCC2=O)cc1)C1CCCC1. The van der Waals surface area contributed by atoms with Crippen LogP contribution in [0, 0.1) is 5.92 Å². The van der Waals surface area contributed by atoms with Crippen molar-refractivity contribution in [3.8, 4) is 0 Å². The monoisotopic (exact) mass is 440 g/mol. The Morgan fingerprint density at radius 2 is 1.84 bits per heavy atom. The van der Waals surface area contributed by atoms with Crippen molar-refractivity contribution in [3.63, 3.8) is 0 Å². The quantitative estimate of drug-likeness (QED) is 0.620. The van der Waals surface area contributed by atoms with Gasteiger partial charge in [-0.3, -0.25) is 9.59 Å². The number of hydrazone groups is 1. The number of carbonyl (C=O) groups excluding carboxylic acids is 2. The molecule has 0 saturated heterocycles. The summed E-state index contributed by atoms with van der Waals surface area (Å²) in [6.07, 6.45) is 4.41. The predicted molar refractivity (Wildman–Crippen MR) is 118 cm³/mol. The van der Waals surface area contributed by atoms with Gasteiger partial charge in [0.05, 0.1) is 19.6 Å². The standard InChI is InChI=1S/C24H25ClN2O4/c1-30-24(29)22(17-4-2-3-5-17)18-8-6-16(7-9-18)14-27-21(28)15-31-23(26-27)19-10-12-20(25)13-11-19/h6-13,17,22H,2-5,14-15H2,1H3. The molecule has 0 aromatic heterocycles. The highest BCUT2D eigenvalue weighted by molar-refractivity contribution is 6.30. The molecule has 0 bridgehead atoms. The largest absolute Gasteiger partial charge is 0.469 e. The van der Waals surface area contributed by atoms with E-state index in [9.17, 15) is 9.59 Å². The first-order valence-electron chi connectivity index (χ1n) is 10.5. The molecule has 1 atom stereocenters. The van der Waals surface area contributed by atoms with Gasteiger partial charge in [-0.05, 0) is 54.2 Å². The van der Waals surface area contributed by atoms with Crippen LogP contribution in [0.3, 0.4) is 0 Å². The molecular formula is C24H25ClN2O4. The molecule has 1 aliphatic heterocycles. The molecule has 4 rings (SSSR count). The van der Waals surface area contributed by atoms with Crippen LogP contribution >= 0.6 is 11.6 Å². The molecule has 2 aliphatic rings.